The summed E-state index contributed by atoms with van der Waals surface area (Å²) in [7, 11) is 0. The zero-order valence-electron chi connectivity index (χ0n) is 18.2. The van der Waals surface area contributed by atoms with Gasteiger partial charge in [0, 0.05) is 26.2 Å². The van der Waals surface area contributed by atoms with Crippen LogP contribution in [0.4, 0.5) is 4.79 Å². The maximum absolute atomic E-state index is 12.5. The van der Waals surface area contributed by atoms with E-state index in [-0.39, 0.29) is 6.03 Å². The lowest BCUT2D eigenvalue weighted by Crippen LogP contribution is -2.45. The molecule has 2 aromatic carbocycles. The van der Waals surface area contributed by atoms with E-state index in [9.17, 15) is 4.79 Å². The molecule has 0 bridgehead atoms. The van der Waals surface area contributed by atoms with Crippen molar-refractivity contribution in [2.75, 3.05) is 19.6 Å². The number of rotatable bonds is 6. The number of aromatic nitrogens is 2. The zero-order valence-corrected chi connectivity index (χ0v) is 18.2. The van der Waals surface area contributed by atoms with Crippen molar-refractivity contribution >= 4 is 17.1 Å². The van der Waals surface area contributed by atoms with Gasteiger partial charge in [0.15, 0.2) is 0 Å². The van der Waals surface area contributed by atoms with Crippen LogP contribution < -0.4 is 10.6 Å². The van der Waals surface area contributed by atoms with Gasteiger partial charge in [-0.3, -0.25) is 4.90 Å². The summed E-state index contributed by atoms with van der Waals surface area (Å²) in [5.74, 6) is 1.30. The van der Waals surface area contributed by atoms with Crippen LogP contribution in [0.2, 0.25) is 0 Å². The topological polar surface area (TPSA) is 73.1 Å². The van der Waals surface area contributed by atoms with Crippen molar-refractivity contribution in [1.29, 1.82) is 0 Å². The van der Waals surface area contributed by atoms with Crippen LogP contribution in [0, 0.1) is 18.3 Å². The smallest absolute Gasteiger partial charge is 0.315 e. The summed E-state index contributed by atoms with van der Waals surface area (Å²) >= 11 is 0. The van der Waals surface area contributed by atoms with E-state index in [1.54, 1.807) is 0 Å². The van der Waals surface area contributed by atoms with Crippen molar-refractivity contribution in [1.82, 2.24) is 25.5 Å². The molecule has 6 heteroatoms. The van der Waals surface area contributed by atoms with Gasteiger partial charge in [-0.2, -0.15) is 0 Å². The highest BCUT2D eigenvalue weighted by Crippen LogP contribution is 2.51. The van der Waals surface area contributed by atoms with Gasteiger partial charge in [0.25, 0.3) is 0 Å². The third-order valence-corrected chi connectivity index (χ3v) is 7.17. The summed E-state index contributed by atoms with van der Waals surface area (Å²) in [5.41, 5.74) is 4.86. The van der Waals surface area contributed by atoms with Crippen LogP contribution in [0.5, 0.6) is 0 Å². The Morgan fingerprint density at radius 1 is 1.16 bits per heavy atom. The number of nitrogens with zero attached hydrogens (tertiary/aromatic N) is 2. The summed E-state index contributed by atoms with van der Waals surface area (Å²) in [6.07, 6.45) is 3.88. The molecule has 1 aliphatic heterocycles. The van der Waals surface area contributed by atoms with Crippen LogP contribution in [-0.2, 0) is 13.1 Å². The quantitative estimate of drug-likeness (QED) is 0.568. The van der Waals surface area contributed by atoms with E-state index in [0.29, 0.717) is 17.9 Å². The molecule has 1 atom stereocenters. The zero-order chi connectivity index (χ0) is 21.3. The van der Waals surface area contributed by atoms with Crippen molar-refractivity contribution < 1.29 is 4.79 Å². The molecule has 0 radical (unpaired) electrons. The fourth-order valence-electron chi connectivity index (χ4n) is 5.34. The van der Waals surface area contributed by atoms with Gasteiger partial charge in [-0.1, -0.05) is 48.9 Å². The Bertz CT molecular complexity index is 1060. The number of nitrogens with one attached hydrogen (secondary N) is 3. The van der Waals surface area contributed by atoms with Gasteiger partial charge in [-0.15, -0.1) is 0 Å². The Balaban J connectivity index is 1.14. The molecule has 3 aromatic rings. The Morgan fingerprint density at radius 3 is 2.74 bits per heavy atom. The first-order valence-electron chi connectivity index (χ1n) is 11.3. The molecule has 1 aliphatic carbocycles. The van der Waals surface area contributed by atoms with Gasteiger partial charge in [0.1, 0.15) is 5.82 Å². The molecule has 1 aromatic heterocycles. The van der Waals surface area contributed by atoms with Crippen LogP contribution in [-0.4, -0.2) is 40.5 Å². The number of likely N-dealkylation sites (tertiary alicyclic amines) is 1. The normalized spacial score (nSPS) is 20.1. The van der Waals surface area contributed by atoms with E-state index in [1.807, 2.05) is 25.1 Å². The molecular formula is C25H31N5O. The van der Waals surface area contributed by atoms with Crippen LogP contribution in [0.3, 0.4) is 0 Å². The second-order valence-electron chi connectivity index (χ2n) is 9.29. The maximum atomic E-state index is 12.5. The first-order valence-corrected chi connectivity index (χ1v) is 11.3. The van der Waals surface area contributed by atoms with Crippen molar-refractivity contribution in [2.45, 2.75) is 39.3 Å². The highest BCUT2D eigenvalue weighted by Gasteiger charge is 2.49. The molecule has 1 unspecified atom stereocenters. The number of imidazole rings is 1. The molecule has 2 heterocycles. The van der Waals surface area contributed by atoms with Gasteiger partial charge in [0.2, 0.25) is 0 Å². The Morgan fingerprint density at radius 2 is 2.00 bits per heavy atom. The SMILES string of the molecule is Cc1cccc2[nH]c(CNC(=O)NCC3CN(Cc4ccccc4)CC34CCC4)nc12. The van der Waals surface area contributed by atoms with Crippen LogP contribution in [0.25, 0.3) is 11.0 Å². The van der Waals surface area contributed by atoms with Crippen molar-refractivity contribution in [2.24, 2.45) is 11.3 Å². The average Bonchev–Trinajstić information content (AvgIpc) is 3.33. The number of aryl methyl sites for hydroxylation is 1. The highest BCUT2D eigenvalue weighted by molar-refractivity contribution is 5.78. The van der Waals surface area contributed by atoms with Crippen molar-refractivity contribution in [3.63, 3.8) is 0 Å². The lowest BCUT2D eigenvalue weighted by Gasteiger charge is -2.43. The summed E-state index contributed by atoms with van der Waals surface area (Å²) < 4.78 is 0. The molecule has 31 heavy (non-hydrogen) atoms. The summed E-state index contributed by atoms with van der Waals surface area (Å²) in [4.78, 5) is 22.9. The number of fused-ring (bicyclic) bond motifs is 1. The molecule has 162 valence electrons. The average molecular weight is 418 g/mol. The number of urea groups is 1. The monoisotopic (exact) mass is 417 g/mol. The van der Waals surface area contributed by atoms with Crippen LogP contribution in [0.15, 0.2) is 48.5 Å². The van der Waals surface area contributed by atoms with E-state index in [1.165, 1.54) is 24.8 Å². The summed E-state index contributed by atoms with van der Waals surface area (Å²) in [5, 5.41) is 6.09. The van der Waals surface area contributed by atoms with Gasteiger partial charge in [-0.05, 0) is 48.3 Å². The fourth-order valence-corrected chi connectivity index (χ4v) is 5.34. The molecule has 1 spiro atoms. The van der Waals surface area contributed by atoms with Crippen molar-refractivity contribution in [3.05, 3.63) is 65.5 Å². The van der Waals surface area contributed by atoms with Crippen LogP contribution >= 0.6 is 0 Å². The third-order valence-electron chi connectivity index (χ3n) is 7.17. The number of benzene rings is 2. The van der Waals surface area contributed by atoms with Gasteiger partial charge in [-0.25, -0.2) is 9.78 Å². The molecule has 6 nitrogen and oxygen atoms in total. The fraction of sp³-hybridized carbons (Fsp3) is 0.440. The lowest BCUT2D eigenvalue weighted by atomic mass is 9.63. The lowest BCUT2D eigenvalue weighted by molar-refractivity contribution is 0.0900. The minimum absolute atomic E-state index is 0.117. The Labute approximate surface area is 183 Å². The number of hydrogen-bond donors (Lipinski definition) is 3. The summed E-state index contributed by atoms with van der Waals surface area (Å²) in [6, 6.07) is 16.6. The minimum Gasteiger partial charge on any atom is -0.340 e. The molecule has 1 saturated carbocycles. The first kappa shape index (κ1) is 20.1. The van der Waals surface area contributed by atoms with Gasteiger partial charge >= 0.3 is 6.03 Å². The van der Waals surface area contributed by atoms with E-state index in [4.69, 9.17) is 0 Å². The number of H-pyrrole nitrogens is 1. The Hall–Kier alpha value is -2.86. The Kier molecular flexibility index (Phi) is 5.40. The molecule has 2 aliphatic rings. The molecule has 2 amide bonds. The van der Waals surface area contributed by atoms with E-state index < -0.39 is 0 Å². The second-order valence-corrected chi connectivity index (χ2v) is 9.29. The maximum Gasteiger partial charge on any atom is 0.315 e. The molecule has 3 N–H and O–H groups in total. The van der Waals surface area contributed by atoms with E-state index in [0.717, 1.165) is 48.6 Å². The van der Waals surface area contributed by atoms with Crippen LogP contribution in [0.1, 0.15) is 36.2 Å². The van der Waals surface area contributed by atoms with E-state index >= 15 is 0 Å². The largest absolute Gasteiger partial charge is 0.340 e. The van der Waals surface area contributed by atoms with Gasteiger partial charge in [0.05, 0.1) is 17.6 Å². The third kappa shape index (κ3) is 4.17. The molecule has 1 saturated heterocycles. The molecule has 2 fully saturated rings. The second kappa shape index (κ2) is 8.35. The predicted molar refractivity (Wildman–Crippen MR) is 123 cm³/mol. The molecule has 5 rings (SSSR count). The van der Waals surface area contributed by atoms with Gasteiger partial charge < -0.3 is 15.6 Å². The summed E-state index contributed by atoms with van der Waals surface area (Å²) in [6.45, 7) is 6.38. The number of amides is 2. The number of aromatic amines is 1. The molecular weight excluding hydrogens is 386 g/mol. The standard InChI is InChI=1S/C25H31N5O/c1-18-7-5-10-21-23(18)29-22(28-21)14-27-24(31)26-13-20-16-30(17-25(20)11-6-12-25)15-19-8-3-2-4-9-19/h2-5,7-10,20H,6,11-17H2,1H3,(H,28,29)(H2,26,27,31). The predicted octanol–water partition coefficient (Wildman–Crippen LogP) is 3.97. The number of carbonyl (C=O) groups excluding carboxylic acids is 1. The number of carbonyl (C=O) groups is 1. The number of para-hydroxylation sites is 1. The first-order chi connectivity index (χ1) is 15.1. The minimum atomic E-state index is -0.117. The number of hydrogen-bond acceptors (Lipinski definition) is 3. The highest BCUT2D eigenvalue weighted by atomic mass is 16.2. The van der Waals surface area contributed by atoms with Crippen molar-refractivity contribution in [3.8, 4) is 0 Å². The van der Waals surface area contributed by atoms with E-state index in [2.05, 4.69) is 55.8 Å².